The molecule has 0 aliphatic heterocycles. The Balaban J connectivity index is 2.25. The SMILES string of the molecule is CC(=O)Oc1c(C)ccnc1C(=O)NC1C[C@@H](C(F)(F)F)C[C@@H](C(F)(F)F)C1. The number of pyridine rings is 1. The van der Waals surface area contributed by atoms with Crippen LogP contribution in [0.1, 0.15) is 42.2 Å². The number of ether oxygens (including phenoxy) is 1. The lowest BCUT2D eigenvalue weighted by Crippen LogP contribution is -2.47. The number of hydrogen-bond acceptors (Lipinski definition) is 4. The maximum absolute atomic E-state index is 13.0. The van der Waals surface area contributed by atoms with Crippen molar-refractivity contribution in [1.82, 2.24) is 10.3 Å². The van der Waals surface area contributed by atoms with Gasteiger partial charge in [0.15, 0.2) is 11.4 Å². The Bertz CT molecular complexity index is 725. The van der Waals surface area contributed by atoms with E-state index >= 15 is 0 Å². The largest absolute Gasteiger partial charge is 0.424 e. The molecule has 1 fully saturated rings. The van der Waals surface area contributed by atoms with Crippen LogP contribution in [0.2, 0.25) is 0 Å². The zero-order valence-electron chi connectivity index (χ0n) is 14.9. The van der Waals surface area contributed by atoms with E-state index in [1.807, 2.05) is 0 Å². The Hall–Kier alpha value is -2.33. The van der Waals surface area contributed by atoms with Crippen molar-refractivity contribution in [2.24, 2.45) is 11.8 Å². The highest BCUT2D eigenvalue weighted by Gasteiger charge is 2.52. The number of carbonyl (C=O) groups is 2. The summed E-state index contributed by atoms with van der Waals surface area (Å²) in [6.07, 6.45) is -10.8. The maximum atomic E-state index is 13.0. The molecule has 1 aliphatic carbocycles. The molecular weight excluding hydrogens is 394 g/mol. The Morgan fingerprint density at radius 2 is 1.61 bits per heavy atom. The van der Waals surface area contributed by atoms with E-state index in [0.717, 1.165) is 6.92 Å². The molecule has 1 heterocycles. The number of halogens is 6. The standard InChI is InChI=1S/C17H18F6N2O3/c1-8-3-4-24-13(14(8)28-9(2)26)15(27)25-12-6-10(16(18,19)20)5-11(7-12)17(21,22)23/h3-4,10-12H,5-7H2,1-2H3,(H,25,27)/t10-,11+,12?. The molecule has 5 nitrogen and oxygen atoms in total. The Morgan fingerprint density at radius 3 is 2.07 bits per heavy atom. The molecule has 2 rings (SSSR count). The van der Waals surface area contributed by atoms with Crippen molar-refractivity contribution >= 4 is 11.9 Å². The highest BCUT2D eigenvalue weighted by Crippen LogP contribution is 2.45. The van der Waals surface area contributed by atoms with Gasteiger partial charge < -0.3 is 10.1 Å². The van der Waals surface area contributed by atoms with Gasteiger partial charge in [0, 0.05) is 19.2 Å². The minimum absolute atomic E-state index is 0.192. The number of esters is 1. The number of nitrogens with one attached hydrogen (secondary N) is 1. The number of amides is 1. The molecule has 1 amide bonds. The van der Waals surface area contributed by atoms with Crippen LogP contribution in [0.5, 0.6) is 5.75 Å². The average Bonchev–Trinajstić information content (AvgIpc) is 2.54. The van der Waals surface area contributed by atoms with Crippen LogP contribution >= 0.6 is 0 Å². The summed E-state index contributed by atoms with van der Waals surface area (Å²) in [5.41, 5.74) is -0.0202. The van der Waals surface area contributed by atoms with Crippen LogP contribution in [0, 0.1) is 18.8 Å². The summed E-state index contributed by atoms with van der Waals surface area (Å²) >= 11 is 0. The summed E-state index contributed by atoms with van der Waals surface area (Å²) in [6.45, 7) is 2.59. The van der Waals surface area contributed by atoms with Crippen molar-refractivity contribution in [2.75, 3.05) is 0 Å². The normalized spacial score (nSPS) is 23.2. The van der Waals surface area contributed by atoms with E-state index in [9.17, 15) is 35.9 Å². The summed E-state index contributed by atoms with van der Waals surface area (Å²) < 4.78 is 83.2. The zero-order valence-corrected chi connectivity index (χ0v) is 14.9. The Labute approximate surface area is 156 Å². The van der Waals surface area contributed by atoms with Crippen LogP contribution in [0.15, 0.2) is 12.3 Å². The fourth-order valence-electron chi connectivity index (χ4n) is 3.20. The highest BCUT2D eigenvalue weighted by atomic mass is 19.4. The molecule has 0 saturated heterocycles. The van der Waals surface area contributed by atoms with Crippen molar-refractivity contribution in [2.45, 2.75) is 51.5 Å². The maximum Gasteiger partial charge on any atom is 0.391 e. The first-order chi connectivity index (χ1) is 12.8. The first-order valence-electron chi connectivity index (χ1n) is 8.37. The fourth-order valence-corrected chi connectivity index (χ4v) is 3.20. The van der Waals surface area contributed by atoms with Crippen LogP contribution in [0.25, 0.3) is 0 Å². The van der Waals surface area contributed by atoms with Gasteiger partial charge in [-0.05, 0) is 37.8 Å². The van der Waals surface area contributed by atoms with E-state index in [4.69, 9.17) is 4.74 Å². The second kappa shape index (κ2) is 7.96. The lowest BCUT2D eigenvalue weighted by atomic mass is 9.77. The number of hydrogen-bond donors (Lipinski definition) is 1. The number of alkyl halides is 6. The minimum Gasteiger partial charge on any atom is -0.424 e. The summed E-state index contributed by atoms with van der Waals surface area (Å²) in [4.78, 5) is 27.4. The van der Waals surface area contributed by atoms with E-state index in [1.165, 1.54) is 19.2 Å². The van der Waals surface area contributed by atoms with Crippen molar-refractivity contribution in [3.05, 3.63) is 23.5 Å². The van der Waals surface area contributed by atoms with Crippen LogP contribution in [0.4, 0.5) is 26.3 Å². The third-order valence-electron chi connectivity index (χ3n) is 4.53. The molecule has 3 atom stereocenters. The van der Waals surface area contributed by atoms with Gasteiger partial charge in [0.2, 0.25) is 0 Å². The highest BCUT2D eigenvalue weighted by molar-refractivity contribution is 5.96. The second-order valence-corrected chi connectivity index (χ2v) is 6.75. The second-order valence-electron chi connectivity index (χ2n) is 6.75. The molecule has 1 aromatic rings. The molecule has 1 aliphatic rings. The monoisotopic (exact) mass is 412 g/mol. The third kappa shape index (κ3) is 5.35. The van der Waals surface area contributed by atoms with Gasteiger partial charge in [-0.15, -0.1) is 0 Å². The summed E-state index contributed by atoms with van der Waals surface area (Å²) in [5, 5.41) is 2.19. The topological polar surface area (TPSA) is 68.3 Å². The van der Waals surface area contributed by atoms with Crippen LogP contribution in [-0.4, -0.2) is 35.3 Å². The van der Waals surface area contributed by atoms with Crippen molar-refractivity contribution < 1.29 is 40.7 Å². The molecule has 0 radical (unpaired) electrons. The zero-order chi connectivity index (χ0) is 21.3. The molecule has 0 bridgehead atoms. The smallest absolute Gasteiger partial charge is 0.391 e. The van der Waals surface area contributed by atoms with Gasteiger partial charge in [-0.3, -0.25) is 9.59 Å². The van der Waals surface area contributed by atoms with E-state index in [0.29, 0.717) is 5.56 Å². The number of rotatable bonds is 3. The molecule has 0 aromatic carbocycles. The van der Waals surface area contributed by atoms with Crippen molar-refractivity contribution in [3.63, 3.8) is 0 Å². The molecule has 1 saturated carbocycles. The molecule has 1 unspecified atom stereocenters. The summed E-state index contributed by atoms with van der Waals surface area (Å²) in [6, 6.07) is 0.0849. The third-order valence-corrected chi connectivity index (χ3v) is 4.53. The van der Waals surface area contributed by atoms with Gasteiger partial charge in [-0.1, -0.05) is 0 Å². The van der Waals surface area contributed by atoms with Gasteiger partial charge in [0.05, 0.1) is 11.8 Å². The molecule has 28 heavy (non-hydrogen) atoms. The molecule has 1 aromatic heterocycles. The van der Waals surface area contributed by atoms with Crippen LogP contribution < -0.4 is 10.1 Å². The molecule has 0 spiro atoms. The lowest BCUT2D eigenvalue weighted by Gasteiger charge is -2.36. The first-order valence-corrected chi connectivity index (χ1v) is 8.37. The fraction of sp³-hybridized carbons (Fsp3) is 0.588. The number of carbonyl (C=O) groups excluding carboxylic acids is 2. The van der Waals surface area contributed by atoms with Crippen LogP contribution in [0.3, 0.4) is 0 Å². The predicted octanol–water partition coefficient (Wildman–Crippen LogP) is 3.95. The van der Waals surface area contributed by atoms with E-state index < -0.39 is 61.4 Å². The lowest BCUT2D eigenvalue weighted by molar-refractivity contribution is -0.225. The van der Waals surface area contributed by atoms with E-state index in [2.05, 4.69) is 10.3 Å². The van der Waals surface area contributed by atoms with Gasteiger partial charge in [-0.25, -0.2) is 4.98 Å². The number of aromatic nitrogens is 1. The van der Waals surface area contributed by atoms with E-state index in [-0.39, 0.29) is 11.4 Å². The van der Waals surface area contributed by atoms with Gasteiger partial charge in [0.1, 0.15) is 0 Å². The van der Waals surface area contributed by atoms with Crippen molar-refractivity contribution in [1.29, 1.82) is 0 Å². The molecule has 156 valence electrons. The molecular formula is C17H18F6N2O3. The Morgan fingerprint density at radius 1 is 1.07 bits per heavy atom. The van der Waals surface area contributed by atoms with E-state index in [1.54, 1.807) is 0 Å². The van der Waals surface area contributed by atoms with Crippen molar-refractivity contribution in [3.8, 4) is 5.75 Å². The minimum atomic E-state index is -4.81. The summed E-state index contributed by atoms with van der Waals surface area (Å²) in [5.74, 6) is -6.32. The van der Waals surface area contributed by atoms with Crippen LogP contribution in [-0.2, 0) is 4.79 Å². The predicted molar refractivity (Wildman–Crippen MR) is 84.5 cm³/mol. The Kier molecular flexibility index (Phi) is 6.24. The summed E-state index contributed by atoms with van der Waals surface area (Å²) in [7, 11) is 0. The average molecular weight is 412 g/mol. The van der Waals surface area contributed by atoms with Gasteiger partial charge in [-0.2, -0.15) is 26.3 Å². The van der Waals surface area contributed by atoms with Gasteiger partial charge >= 0.3 is 18.3 Å². The number of nitrogens with zero attached hydrogens (tertiary/aromatic N) is 1. The quantitative estimate of drug-likeness (QED) is 0.603. The number of aryl methyl sites for hydroxylation is 1. The first kappa shape index (κ1) is 22.0. The molecule has 1 N–H and O–H groups in total. The van der Waals surface area contributed by atoms with Gasteiger partial charge in [0.25, 0.3) is 5.91 Å². The molecule has 11 heteroatoms.